The van der Waals surface area contributed by atoms with Crippen molar-refractivity contribution in [3.05, 3.63) is 35.7 Å². The van der Waals surface area contributed by atoms with E-state index >= 15 is 0 Å². The van der Waals surface area contributed by atoms with Gasteiger partial charge in [-0.15, -0.1) is 0 Å². The van der Waals surface area contributed by atoms with Gasteiger partial charge in [-0.05, 0) is 26.3 Å². The Bertz CT molecular complexity index is 841. The second kappa shape index (κ2) is 7.97. The van der Waals surface area contributed by atoms with Crippen LogP contribution in [0.4, 0.5) is 13.2 Å². The lowest BCUT2D eigenvalue weighted by molar-refractivity contribution is -0.183. The van der Waals surface area contributed by atoms with Gasteiger partial charge in [0.2, 0.25) is 5.82 Å². The van der Waals surface area contributed by atoms with Crippen LogP contribution in [0.5, 0.6) is 0 Å². The van der Waals surface area contributed by atoms with Crippen molar-refractivity contribution in [2.24, 2.45) is 0 Å². The fraction of sp³-hybridized carbons (Fsp3) is 0.412. The maximum absolute atomic E-state index is 12.5. The first-order valence-electron chi connectivity index (χ1n) is 8.09. The minimum absolute atomic E-state index is 0.0484. The summed E-state index contributed by atoms with van der Waals surface area (Å²) in [6, 6.07) is 6.02. The van der Waals surface area contributed by atoms with Gasteiger partial charge in [0.25, 0.3) is 0 Å². The van der Waals surface area contributed by atoms with Crippen molar-refractivity contribution in [1.82, 2.24) is 20.5 Å². The highest BCUT2D eigenvalue weighted by atomic mass is 19.4. The molecule has 0 aliphatic heterocycles. The number of carbonyl (C=O) groups excluding carboxylic acids is 2. The number of amides is 2. The minimum atomic E-state index is -4.72. The summed E-state index contributed by atoms with van der Waals surface area (Å²) in [7, 11) is 1.24. The third-order valence-corrected chi connectivity index (χ3v) is 3.34. The van der Waals surface area contributed by atoms with Gasteiger partial charge in [-0.2, -0.15) is 18.2 Å². The first-order chi connectivity index (χ1) is 12.9. The smallest absolute Gasteiger partial charge is 0.343 e. The van der Waals surface area contributed by atoms with Crippen LogP contribution in [0.15, 0.2) is 28.8 Å². The summed E-state index contributed by atoms with van der Waals surface area (Å²) in [4.78, 5) is 32.4. The molecule has 2 rings (SSSR count). The van der Waals surface area contributed by atoms with Crippen LogP contribution in [0.1, 0.15) is 32.2 Å². The van der Waals surface area contributed by atoms with Crippen LogP contribution in [0.25, 0.3) is 11.4 Å². The van der Waals surface area contributed by atoms with Crippen molar-refractivity contribution in [1.29, 1.82) is 0 Å². The van der Waals surface area contributed by atoms with Crippen molar-refractivity contribution in [2.45, 2.75) is 39.0 Å². The molecular weight excluding hydrogens is 381 g/mol. The molecule has 0 saturated heterocycles. The van der Waals surface area contributed by atoms with Crippen molar-refractivity contribution in [3.63, 3.8) is 0 Å². The van der Waals surface area contributed by atoms with Gasteiger partial charge in [0.05, 0.1) is 13.7 Å². The standard InChI is InChI=1S/C17H19F3N4O4/c1-16(2,3)22-13(25)14(26)24(27-4)9-10-5-7-11(8-6-10)12-21-15(28-23-12)17(18,19)20/h5-8H,9H2,1-4H3,(H,22,25). The zero-order valence-corrected chi connectivity index (χ0v) is 15.6. The van der Waals surface area contributed by atoms with Crippen LogP contribution < -0.4 is 5.32 Å². The number of hydrogen-bond donors (Lipinski definition) is 1. The van der Waals surface area contributed by atoms with Crippen molar-refractivity contribution in [3.8, 4) is 11.4 Å². The fourth-order valence-electron chi connectivity index (χ4n) is 2.11. The largest absolute Gasteiger partial charge is 0.471 e. The van der Waals surface area contributed by atoms with Crippen LogP contribution in [0.2, 0.25) is 0 Å². The van der Waals surface area contributed by atoms with E-state index in [9.17, 15) is 22.8 Å². The highest BCUT2D eigenvalue weighted by Gasteiger charge is 2.38. The Hall–Kier alpha value is -2.95. The van der Waals surface area contributed by atoms with Gasteiger partial charge < -0.3 is 9.84 Å². The van der Waals surface area contributed by atoms with Crippen LogP contribution in [-0.2, 0) is 27.1 Å². The van der Waals surface area contributed by atoms with E-state index in [0.29, 0.717) is 11.1 Å². The molecule has 28 heavy (non-hydrogen) atoms. The number of alkyl halides is 3. The maximum Gasteiger partial charge on any atom is 0.471 e. The molecule has 0 fully saturated rings. The van der Waals surface area contributed by atoms with Crippen LogP contribution in [0.3, 0.4) is 0 Å². The summed E-state index contributed by atoms with van der Waals surface area (Å²) in [6.07, 6.45) is -4.72. The molecule has 0 unspecified atom stereocenters. The predicted octanol–water partition coefficient (Wildman–Crippen LogP) is 2.56. The summed E-state index contributed by atoms with van der Waals surface area (Å²) in [5.74, 6) is -3.36. The van der Waals surface area contributed by atoms with Gasteiger partial charge in [0, 0.05) is 11.1 Å². The molecule has 2 aromatic rings. The first-order valence-corrected chi connectivity index (χ1v) is 8.09. The molecule has 0 atom stereocenters. The van der Waals surface area contributed by atoms with Crippen molar-refractivity contribution >= 4 is 11.8 Å². The van der Waals surface area contributed by atoms with Crippen molar-refractivity contribution < 1.29 is 32.1 Å². The lowest BCUT2D eigenvalue weighted by Gasteiger charge is -2.23. The van der Waals surface area contributed by atoms with Crippen molar-refractivity contribution in [2.75, 3.05) is 7.11 Å². The van der Waals surface area contributed by atoms with E-state index in [0.717, 1.165) is 5.06 Å². The Morgan fingerprint density at radius 1 is 1.18 bits per heavy atom. The van der Waals surface area contributed by atoms with E-state index < -0.39 is 29.4 Å². The SMILES string of the molecule is CON(Cc1ccc(-c2noc(C(F)(F)F)n2)cc1)C(=O)C(=O)NC(C)(C)C. The zero-order chi connectivity index (χ0) is 21.1. The molecule has 0 spiro atoms. The van der Waals surface area contributed by atoms with Gasteiger partial charge >= 0.3 is 23.9 Å². The van der Waals surface area contributed by atoms with Gasteiger partial charge in [0.1, 0.15) is 0 Å². The Morgan fingerprint density at radius 3 is 2.25 bits per heavy atom. The highest BCUT2D eigenvalue weighted by molar-refractivity contribution is 6.34. The summed E-state index contributed by atoms with van der Waals surface area (Å²) < 4.78 is 41.8. The topological polar surface area (TPSA) is 97.6 Å². The lowest BCUT2D eigenvalue weighted by Crippen LogP contribution is -2.49. The third kappa shape index (κ3) is 5.52. The van der Waals surface area contributed by atoms with Gasteiger partial charge in [0.15, 0.2) is 0 Å². The molecule has 0 saturated carbocycles. The van der Waals surface area contributed by atoms with Gasteiger partial charge in [-0.25, -0.2) is 5.06 Å². The first kappa shape index (κ1) is 21.4. The molecule has 0 aliphatic carbocycles. The minimum Gasteiger partial charge on any atom is -0.343 e. The summed E-state index contributed by atoms with van der Waals surface area (Å²) in [6.45, 7) is 5.15. The number of nitrogens with zero attached hydrogens (tertiary/aromatic N) is 3. The van der Waals surface area contributed by atoms with E-state index in [1.165, 1.54) is 19.2 Å². The average Bonchev–Trinajstić information content (AvgIpc) is 3.08. The normalized spacial score (nSPS) is 12.0. The van der Waals surface area contributed by atoms with Gasteiger partial charge in [-0.3, -0.25) is 14.4 Å². The summed E-state index contributed by atoms with van der Waals surface area (Å²) >= 11 is 0. The number of hydrogen-bond acceptors (Lipinski definition) is 6. The Balaban J connectivity index is 2.09. The lowest BCUT2D eigenvalue weighted by atomic mass is 10.1. The maximum atomic E-state index is 12.5. The predicted molar refractivity (Wildman–Crippen MR) is 90.2 cm³/mol. The Kier molecular flexibility index (Phi) is 6.07. The Labute approximate surface area is 158 Å². The average molecular weight is 400 g/mol. The van der Waals surface area contributed by atoms with E-state index in [2.05, 4.69) is 20.0 Å². The monoisotopic (exact) mass is 400 g/mol. The number of aromatic nitrogens is 2. The number of halogens is 3. The third-order valence-electron chi connectivity index (χ3n) is 3.34. The highest BCUT2D eigenvalue weighted by Crippen LogP contribution is 2.29. The molecule has 11 heteroatoms. The second-order valence-corrected chi connectivity index (χ2v) is 6.85. The number of nitrogens with one attached hydrogen (secondary N) is 1. The fourth-order valence-corrected chi connectivity index (χ4v) is 2.11. The molecule has 0 bridgehead atoms. The van der Waals surface area contributed by atoms with E-state index in [1.54, 1.807) is 32.9 Å². The molecule has 0 aliphatic rings. The van der Waals surface area contributed by atoms with Gasteiger partial charge in [-0.1, -0.05) is 29.4 Å². The second-order valence-electron chi connectivity index (χ2n) is 6.85. The number of carbonyl (C=O) groups is 2. The van der Waals surface area contributed by atoms with Crippen LogP contribution in [-0.4, -0.2) is 39.7 Å². The number of hydroxylamine groups is 2. The Morgan fingerprint density at radius 2 is 1.79 bits per heavy atom. The van der Waals surface area contributed by atoms with Crippen LogP contribution >= 0.6 is 0 Å². The number of benzene rings is 1. The van der Waals surface area contributed by atoms with Crippen LogP contribution in [0, 0.1) is 0 Å². The molecule has 152 valence electrons. The molecular formula is C17H19F3N4O4. The quantitative estimate of drug-likeness (QED) is 0.626. The van der Waals surface area contributed by atoms with E-state index in [-0.39, 0.29) is 12.4 Å². The summed E-state index contributed by atoms with van der Waals surface area (Å²) in [5, 5.41) is 6.70. The van der Waals surface area contributed by atoms with E-state index in [4.69, 9.17) is 4.84 Å². The number of rotatable bonds is 4. The molecule has 0 radical (unpaired) electrons. The molecule has 2 amide bonds. The molecule has 8 nitrogen and oxygen atoms in total. The molecule has 1 aromatic carbocycles. The molecule has 1 aromatic heterocycles. The zero-order valence-electron chi connectivity index (χ0n) is 15.6. The molecule has 1 heterocycles. The molecule has 1 N–H and O–H groups in total. The summed E-state index contributed by atoms with van der Waals surface area (Å²) in [5.41, 5.74) is 0.277. The van der Waals surface area contributed by atoms with E-state index in [1.807, 2.05) is 0 Å².